The summed E-state index contributed by atoms with van der Waals surface area (Å²) < 4.78 is 5.75. The van der Waals surface area contributed by atoms with Crippen molar-refractivity contribution < 1.29 is 14.3 Å². The molecule has 7 heteroatoms. The topological polar surface area (TPSA) is 53.1 Å². The molecule has 4 rings (SSSR count). The molecule has 34 heavy (non-hydrogen) atoms. The molecule has 0 bridgehead atoms. The molecule has 182 valence electrons. The molecule has 6 nitrogen and oxygen atoms in total. The van der Waals surface area contributed by atoms with Gasteiger partial charge in [-0.15, -0.1) is 0 Å². The van der Waals surface area contributed by atoms with E-state index in [9.17, 15) is 9.59 Å². The lowest BCUT2D eigenvalue weighted by Gasteiger charge is -2.37. The molecule has 0 N–H and O–H groups in total. The Morgan fingerprint density at radius 1 is 1.00 bits per heavy atom. The minimum atomic E-state index is -0.550. The van der Waals surface area contributed by atoms with E-state index in [1.807, 2.05) is 68.1 Å². The second-order valence-corrected chi connectivity index (χ2v) is 10.5. The highest BCUT2D eigenvalue weighted by molar-refractivity contribution is 6.33. The van der Waals surface area contributed by atoms with Crippen LogP contribution in [0, 0.1) is 0 Å². The van der Waals surface area contributed by atoms with Crippen LogP contribution in [0.25, 0.3) is 0 Å². The first-order valence-electron chi connectivity index (χ1n) is 12.1. The fraction of sp³-hybridized carbons (Fsp3) is 0.481. The smallest absolute Gasteiger partial charge is 0.415 e. The fourth-order valence-electron chi connectivity index (χ4n) is 4.76. The van der Waals surface area contributed by atoms with Crippen molar-refractivity contribution in [2.75, 3.05) is 34.3 Å². The van der Waals surface area contributed by atoms with Crippen LogP contribution >= 0.6 is 11.6 Å². The normalized spacial score (nSPS) is 17.6. The lowest BCUT2D eigenvalue weighted by Crippen LogP contribution is -2.50. The Morgan fingerprint density at radius 3 is 2.29 bits per heavy atom. The summed E-state index contributed by atoms with van der Waals surface area (Å²) in [7, 11) is 0. The number of rotatable bonds is 4. The van der Waals surface area contributed by atoms with Gasteiger partial charge in [-0.3, -0.25) is 9.69 Å². The molecule has 2 aromatic rings. The summed E-state index contributed by atoms with van der Waals surface area (Å²) in [6.45, 7) is 7.24. The number of carbonyl (C=O) groups is 2. The van der Waals surface area contributed by atoms with Crippen molar-refractivity contribution in [2.45, 2.75) is 64.5 Å². The quantitative estimate of drug-likeness (QED) is 0.514. The first kappa shape index (κ1) is 24.4. The van der Waals surface area contributed by atoms with E-state index in [2.05, 4.69) is 4.90 Å². The van der Waals surface area contributed by atoms with Crippen molar-refractivity contribution in [2.24, 2.45) is 0 Å². The Bertz CT molecular complexity index is 1010. The number of ether oxygens (including phenoxy) is 1. The van der Waals surface area contributed by atoms with E-state index in [0.717, 1.165) is 42.7 Å². The van der Waals surface area contributed by atoms with Gasteiger partial charge in [0, 0.05) is 30.5 Å². The minimum absolute atomic E-state index is 0.0148. The molecule has 1 heterocycles. The molecule has 2 fully saturated rings. The third-order valence-corrected chi connectivity index (χ3v) is 6.71. The van der Waals surface area contributed by atoms with Gasteiger partial charge in [-0.2, -0.15) is 0 Å². The number of amides is 2. The van der Waals surface area contributed by atoms with Gasteiger partial charge < -0.3 is 14.5 Å². The van der Waals surface area contributed by atoms with Crippen LogP contribution in [0.15, 0.2) is 48.5 Å². The van der Waals surface area contributed by atoms with Gasteiger partial charge in [0.25, 0.3) is 0 Å². The largest absolute Gasteiger partial charge is 0.443 e. The molecule has 1 saturated heterocycles. The highest BCUT2D eigenvalue weighted by Gasteiger charge is 2.31. The summed E-state index contributed by atoms with van der Waals surface area (Å²) in [6.07, 6.45) is 5.14. The van der Waals surface area contributed by atoms with Crippen LogP contribution in [-0.2, 0) is 9.53 Å². The predicted molar refractivity (Wildman–Crippen MR) is 138 cm³/mol. The lowest BCUT2D eigenvalue weighted by molar-refractivity contribution is -0.117. The highest BCUT2D eigenvalue weighted by Crippen LogP contribution is 2.32. The molecule has 0 unspecified atom stereocenters. The monoisotopic (exact) mass is 483 g/mol. The van der Waals surface area contributed by atoms with E-state index in [1.165, 1.54) is 6.42 Å². The van der Waals surface area contributed by atoms with Gasteiger partial charge in [-0.25, -0.2) is 4.79 Å². The summed E-state index contributed by atoms with van der Waals surface area (Å²) in [4.78, 5) is 31.7. The minimum Gasteiger partial charge on any atom is -0.443 e. The molecular formula is C27H34ClN3O3. The Balaban J connectivity index is 1.49. The van der Waals surface area contributed by atoms with Gasteiger partial charge in [0.15, 0.2) is 0 Å². The lowest BCUT2D eigenvalue weighted by atomic mass is 9.94. The van der Waals surface area contributed by atoms with Gasteiger partial charge in [-0.05, 0) is 70.0 Å². The number of para-hydroxylation sites is 1. The zero-order valence-electron chi connectivity index (χ0n) is 20.3. The van der Waals surface area contributed by atoms with Gasteiger partial charge in [-0.1, -0.05) is 43.0 Å². The first-order chi connectivity index (χ1) is 16.2. The van der Waals surface area contributed by atoms with Crippen molar-refractivity contribution >= 4 is 40.7 Å². The summed E-state index contributed by atoms with van der Waals surface area (Å²) in [6, 6.07) is 15.5. The van der Waals surface area contributed by atoms with E-state index in [0.29, 0.717) is 18.1 Å². The molecule has 2 aromatic carbocycles. The predicted octanol–water partition coefficient (Wildman–Crippen LogP) is 6.27. The molecule has 1 aliphatic carbocycles. The van der Waals surface area contributed by atoms with Crippen LogP contribution in [0.4, 0.5) is 21.9 Å². The maximum atomic E-state index is 13.1. The average molecular weight is 484 g/mol. The van der Waals surface area contributed by atoms with Crippen molar-refractivity contribution in [3.05, 3.63) is 53.6 Å². The third-order valence-electron chi connectivity index (χ3n) is 6.39. The van der Waals surface area contributed by atoms with Crippen molar-refractivity contribution in [1.82, 2.24) is 0 Å². The first-order valence-corrected chi connectivity index (χ1v) is 12.5. The molecule has 1 aliphatic heterocycles. The van der Waals surface area contributed by atoms with Gasteiger partial charge >= 0.3 is 6.09 Å². The maximum Gasteiger partial charge on any atom is 0.415 e. The number of hydrogen-bond acceptors (Lipinski definition) is 4. The van der Waals surface area contributed by atoms with Gasteiger partial charge in [0.1, 0.15) is 5.60 Å². The van der Waals surface area contributed by atoms with Gasteiger partial charge in [0.2, 0.25) is 5.91 Å². The molecule has 0 radical (unpaired) electrons. The van der Waals surface area contributed by atoms with E-state index in [-0.39, 0.29) is 24.6 Å². The second-order valence-electron chi connectivity index (χ2n) is 10.1. The number of halogens is 1. The zero-order chi connectivity index (χ0) is 24.3. The van der Waals surface area contributed by atoms with E-state index >= 15 is 0 Å². The molecule has 0 spiro atoms. The Morgan fingerprint density at radius 2 is 1.68 bits per heavy atom. The van der Waals surface area contributed by atoms with Gasteiger partial charge in [0.05, 0.1) is 17.3 Å². The Labute approximate surface area is 207 Å². The molecule has 0 atom stereocenters. The second kappa shape index (κ2) is 10.3. The number of carbonyl (C=O) groups excluding carboxylic acids is 2. The summed E-state index contributed by atoms with van der Waals surface area (Å²) in [5.74, 6) is 0.0148. The highest BCUT2D eigenvalue weighted by atomic mass is 35.5. The SMILES string of the molecule is CC(C)(C)OC(=O)N(c1ccc(N2CCN(c3ccccc3Cl)C(=O)C2)cc1)C1CCCCC1. The molecular weight excluding hydrogens is 450 g/mol. The number of nitrogens with zero attached hydrogens (tertiary/aromatic N) is 3. The van der Waals surface area contributed by atoms with Crippen LogP contribution in [0.5, 0.6) is 0 Å². The molecule has 2 amide bonds. The molecule has 0 aromatic heterocycles. The van der Waals surface area contributed by atoms with Crippen molar-refractivity contribution in [3.63, 3.8) is 0 Å². The van der Waals surface area contributed by atoms with Crippen LogP contribution in [-0.4, -0.2) is 43.3 Å². The number of piperazine rings is 1. The van der Waals surface area contributed by atoms with Crippen LogP contribution in [0.1, 0.15) is 52.9 Å². The standard InChI is InChI=1S/C27H34ClN3O3/c1-27(2,3)34-26(33)31(21-9-5-4-6-10-21)22-15-13-20(14-16-22)29-17-18-30(25(32)19-29)24-12-8-7-11-23(24)28/h7-8,11-16,21H,4-6,9-10,17-19H2,1-3H3. The van der Waals surface area contributed by atoms with Crippen LogP contribution < -0.4 is 14.7 Å². The average Bonchev–Trinajstić information content (AvgIpc) is 2.80. The third kappa shape index (κ3) is 5.66. The van der Waals surface area contributed by atoms with Crippen LogP contribution in [0.2, 0.25) is 5.02 Å². The number of benzene rings is 2. The van der Waals surface area contributed by atoms with E-state index < -0.39 is 5.60 Å². The van der Waals surface area contributed by atoms with Crippen LogP contribution in [0.3, 0.4) is 0 Å². The summed E-state index contributed by atoms with van der Waals surface area (Å²) in [5.41, 5.74) is 2.00. The number of hydrogen-bond donors (Lipinski definition) is 0. The summed E-state index contributed by atoms with van der Waals surface area (Å²) in [5, 5.41) is 0.582. The Kier molecular flexibility index (Phi) is 7.36. The molecule has 1 saturated carbocycles. The Hall–Kier alpha value is -2.73. The van der Waals surface area contributed by atoms with E-state index in [1.54, 1.807) is 11.0 Å². The summed E-state index contributed by atoms with van der Waals surface area (Å²) >= 11 is 6.30. The zero-order valence-corrected chi connectivity index (χ0v) is 21.1. The van der Waals surface area contributed by atoms with E-state index in [4.69, 9.17) is 16.3 Å². The molecule has 2 aliphatic rings. The number of anilines is 3. The maximum absolute atomic E-state index is 13.1. The fourth-order valence-corrected chi connectivity index (χ4v) is 5.00. The van der Waals surface area contributed by atoms with Crippen molar-refractivity contribution in [1.29, 1.82) is 0 Å². The van der Waals surface area contributed by atoms with Crippen molar-refractivity contribution in [3.8, 4) is 0 Å².